The van der Waals surface area contributed by atoms with Gasteiger partial charge in [-0.1, -0.05) is 30.3 Å². The zero-order chi connectivity index (χ0) is 15.1. The molecule has 21 heavy (non-hydrogen) atoms. The molecule has 0 amide bonds. The lowest BCUT2D eigenvalue weighted by Crippen LogP contribution is -2.10. The number of halogens is 1. The molecule has 1 aliphatic heterocycles. The Balaban J connectivity index is 2.14. The highest BCUT2D eigenvalue weighted by Crippen LogP contribution is 2.40. The minimum Gasteiger partial charge on any atom is -0.481 e. The Hall–Kier alpha value is -1.88. The number of rotatable bonds is 3. The van der Waals surface area contributed by atoms with Crippen LogP contribution >= 0.6 is 15.9 Å². The molecule has 1 N–H and O–H groups in total. The first-order valence-electron chi connectivity index (χ1n) is 6.73. The standard InChI is InChI=1S/C16H14BrNO3/c1-9-12(17)14-11(16(20)21)7-8-18(14)13(9)15(19)10-5-3-2-4-6-10/h2-6,11H,7-8H2,1H3,(H,20,21). The minimum absolute atomic E-state index is 0.0638. The summed E-state index contributed by atoms with van der Waals surface area (Å²) < 4.78 is 2.60. The molecule has 2 aromatic rings. The molecule has 0 spiro atoms. The summed E-state index contributed by atoms with van der Waals surface area (Å²) in [6, 6.07) is 9.07. The van der Waals surface area contributed by atoms with Crippen LogP contribution in [0.2, 0.25) is 0 Å². The van der Waals surface area contributed by atoms with Gasteiger partial charge in [0.25, 0.3) is 0 Å². The Morgan fingerprint density at radius 2 is 1.95 bits per heavy atom. The molecule has 0 bridgehead atoms. The van der Waals surface area contributed by atoms with Gasteiger partial charge < -0.3 is 9.67 Å². The molecule has 1 atom stereocenters. The van der Waals surface area contributed by atoms with E-state index in [0.29, 0.717) is 29.9 Å². The van der Waals surface area contributed by atoms with Crippen LogP contribution < -0.4 is 0 Å². The lowest BCUT2D eigenvalue weighted by molar-refractivity contribution is -0.138. The van der Waals surface area contributed by atoms with Crippen LogP contribution in [0.25, 0.3) is 0 Å². The van der Waals surface area contributed by atoms with Gasteiger partial charge in [-0.3, -0.25) is 9.59 Å². The molecule has 1 aromatic carbocycles. The van der Waals surface area contributed by atoms with Crippen molar-refractivity contribution in [3.63, 3.8) is 0 Å². The maximum atomic E-state index is 12.7. The molecule has 5 heteroatoms. The summed E-state index contributed by atoms with van der Waals surface area (Å²) in [5.74, 6) is -1.45. The Labute approximate surface area is 130 Å². The first-order valence-corrected chi connectivity index (χ1v) is 7.52. The predicted octanol–water partition coefficient (Wildman–Crippen LogP) is 3.36. The third-order valence-electron chi connectivity index (χ3n) is 3.99. The number of ketones is 1. The molecular formula is C16H14BrNO3. The minimum atomic E-state index is -0.842. The van der Waals surface area contributed by atoms with E-state index in [1.165, 1.54) is 0 Å². The number of carboxylic acids is 1. The highest BCUT2D eigenvalue weighted by molar-refractivity contribution is 9.10. The monoisotopic (exact) mass is 347 g/mol. The van der Waals surface area contributed by atoms with Gasteiger partial charge in [0.1, 0.15) is 0 Å². The van der Waals surface area contributed by atoms with Gasteiger partial charge in [0, 0.05) is 22.3 Å². The fraction of sp³-hybridized carbons (Fsp3) is 0.250. The van der Waals surface area contributed by atoms with Crippen molar-refractivity contribution in [1.29, 1.82) is 0 Å². The van der Waals surface area contributed by atoms with Crippen molar-refractivity contribution in [3.05, 3.63) is 57.3 Å². The van der Waals surface area contributed by atoms with Crippen molar-refractivity contribution in [1.82, 2.24) is 4.57 Å². The second kappa shape index (κ2) is 5.15. The lowest BCUT2D eigenvalue weighted by atomic mass is 10.0. The molecule has 0 saturated carbocycles. The van der Waals surface area contributed by atoms with E-state index < -0.39 is 11.9 Å². The molecule has 0 saturated heterocycles. The number of carboxylic acid groups (broad SMARTS) is 1. The second-order valence-electron chi connectivity index (χ2n) is 5.20. The number of aromatic nitrogens is 1. The summed E-state index contributed by atoms with van der Waals surface area (Å²) >= 11 is 3.47. The molecular weight excluding hydrogens is 334 g/mol. The summed E-state index contributed by atoms with van der Waals surface area (Å²) in [7, 11) is 0. The molecule has 1 aromatic heterocycles. The predicted molar refractivity (Wildman–Crippen MR) is 81.7 cm³/mol. The van der Waals surface area contributed by atoms with Gasteiger partial charge in [0.05, 0.1) is 11.6 Å². The van der Waals surface area contributed by atoms with E-state index in [4.69, 9.17) is 0 Å². The van der Waals surface area contributed by atoms with E-state index >= 15 is 0 Å². The highest BCUT2D eigenvalue weighted by Gasteiger charge is 2.36. The van der Waals surface area contributed by atoms with Gasteiger partial charge in [-0.25, -0.2) is 0 Å². The summed E-state index contributed by atoms with van der Waals surface area (Å²) in [6.07, 6.45) is 0.526. The number of carbonyl (C=O) groups is 2. The fourth-order valence-corrected chi connectivity index (χ4v) is 3.64. The number of benzene rings is 1. The maximum Gasteiger partial charge on any atom is 0.312 e. The van der Waals surface area contributed by atoms with Crippen LogP contribution in [-0.4, -0.2) is 21.4 Å². The average Bonchev–Trinajstić information content (AvgIpc) is 3.00. The Kier molecular flexibility index (Phi) is 3.45. The highest BCUT2D eigenvalue weighted by atomic mass is 79.9. The van der Waals surface area contributed by atoms with Gasteiger partial charge in [-0.15, -0.1) is 0 Å². The molecule has 0 radical (unpaired) electrons. The zero-order valence-electron chi connectivity index (χ0n) is 11.5. The fourth-order valence-electron chi connectivity index (χ4n) is 2.97. The largest absolute Gasteiger partial charge is 0.481 e. The van der Waals surface area contributed by atoms with E-state index in [1.807, 2.05) is 29.7 Å². The normalized spacial score (nSPS) is 16.8. The van der Waals surface area contributed by atoms with Gasteiger partial charge in [0.15, 0.2) is 0 Å². The topological polar surface area (TPSA) is 59.3 Å². The Bertz CT molecular complexity index is 734. The molecule has 108 valence electrons. The molecule has 1 aliphatic rings. The van der Waals surface area contributed by atoms with Crippen LogP contribution in [0.3, 0.4) is 0 Å². The number of nitrogens with zero attached hydrogens (tertiary/aromatic N) is 1. The molecule has 2 heterocycles. The van der Waals surface area contributed by atoms with Crippen LogP contribution in [0, 0.1) is 6.92 Å². The van der Waals surface area contributed by atoms with Crippen molar-refractivity contribution < 1.29 is 14.7 Å². The van der Waals surface area contributed by atoms with E-state index in [-0.39, 0.29) is 5.78 Å². The van der Waals surface area contributed by atoms with Gasteiger partial charge in [-0.05, 0) is 34.8 Å². The SMILES string of the molecule is Cc1c(Br)c2n(c1C(=O)c1ccccc1)CCC2C(=O)O. The van der Waals surface area contributed by atoms with Crippen LogP contribution in [0.15, 0.2) is 34.8 Å². The lowest BCUT2D eigenvalue weighted by Gasteiger charge is -2.06. The number of hydrogen-bond acceptors (Lipinski definition) is 2. The van der Waals surface area contributed by atoms with Crippen molar-refractivity contribution >= 4 is 27.7 Å². The molecule has 3 rings (SSSR count). The molecule has 0 aliphatic carbocycles. The van der Waals surface area contributed by atoms with E-state index in [2.05, 4.69) is 15.9 Å². The van der Waals surface area contributed by atoms with E-state index in [0.717, 1.165) is 10.0 Å². The Morgan fingerprint density at radius 3 is 2.57 bits per heavy atom. The van der Waals surface area contributed by atoms with E-state index in [1.54, 1.807) is 12.1 Å². The third kappa shape index (κ3) is 2.12. The van der Waals surface area contributed by atoms with Crippen LogP contribution in [0.1, 0.15) is 39.6 Å². The number of fused-ring (bicyclic) bond motifs is 1. The van der Waals surface area contributed by atoms with Crippen molar-refractivity contribution in [2.45, 2.75) is 25.8 Å². The number of aliphatic carboxylic acids is 1. The average molecular weight is 348 g/mol. The van der Waals surface area contributed by atoms with Crippen LogP contribution in [0.4, 0.5) is 0 Å². The summed E-state index contributed by atoms with van der Waals surface area (Å²) in [5, 5.41) is 9.32. The Morgan fingerprint density at radius 1 is 1.29 bits per heavy atom. The van der Waals surface area contributed by atoms with E-state index in [9.17, 15) is 14.7 Å². The first-order chi connectivity index (χ1) is 10.0. The maximum absolute atomic E-state index is 12.7. The summed E-state index contributed by atoms with van der Waals surface area (Å²) in [5.41, 5.74) is 2.73. The van der Waals surface area contributed by atoms with Crippen molar-refractivity contribution in [2.24, 2.45) is 0 Å². The zero-order valence-corrected chi connectivity index (χ0v) is 13.1. The van der Waals surface area contributed by atoms with Gasteiger partial charge in [0.2, 0.25) is 5.78 Å². The second-order valence-corrected chi connectivity index (χ2v) is 5.99. The van der Waals surface area contributed by atoms with Gasteiger partial charge >= 0.3 is 5.97 Å². The van der Waals surface area contributed by atoms with Crippen LogP contribution in [0.5, 0.6) is 0 Å². The molecule has 4 nitrogen and oxygen atoms in total. The molecule has 1 unspecified atom stereocenters. The van der Waals surface area contributed by atoms with Gasteiger partial charge in [-0.2, -0.15) is 0 Å². The number of hydrogen-bond donors (Lipinski definition) is 1. The first kappa shape index (κ1) is 14.1. The van der Waals surface area contributed by atoms with Crippen molar-refractivity contribution in [2.75, 3.05) is 0 Å². The smallest absolute Gasteiger partial charge is 0.312 e. The van der Waals surface area contributed by atoms with Crippen molar-refractivity contribution in [3.8, 4) is 0 Å². The molecule has 0 fully saturated rings. The number of carbonyl (C=O) groups excluding carboxylic acids is 1. The quantitative estimate of drug-likeness (QED) is 0.866. The van der Waals surface area contributed by atoms with Crippen LogP contribution in [-0.2, 0) is 11.3 Å². The third-order valence-corrected chi connectivity index (χ3v) is 4.99. The summed E-state index contributed by atoms with van der Waals surface area (Å²) in [6.45, 7) is 2.41. The summed E-state index contributed by atoms with van der Waals surface area (Å²) in [4.78, 5) is 24.1.